The molecule has 1 aliphatic carbocycles. The fourth-order valence-corrected chi connectivity index (χ4v) is 3.72. The van der Waals surface area contributed by atoms with Gasteiger partial charge in [0, 0.05) is 18.2 Å². The third kappa shape index (κ3) is 4.31. The van der Waals surface area contributed by atoms with Crippen molar-refractivity contribution in [3.05, 3.63) is 29.8 Å². The van der Waals surface area contributed by atoms with E-state index >= 15 is 0 Å². The van der Waals surface area contributed by atoms with Crippen LogP contribution in [0.1, 0.15) is 49.9 Å². The molecule has 0 radical (unpaired) electrons. The smallest absolute Gasteiger partial charge is 0.251 e. The first-order valence-electron chi connectivity index (χ1n) is 8.01. The lowest BCUT2D eigenvalue weighted by atomic mass is 9.92. The van der Waals surface area contributed by atoms with Crippen molar-refractivity contribution < 1.29 is 13.2 Å². The largest absolute Gasteiger partial charge is 0.345 e. The molecule has 1 saturated carbocycles. The summed E-state index contributed by atoms with van der Waals surface area (Å²) in [6, 6.07) is 6.13. The molecule has 128 valence electrons. The van der Waals surface area contributed by atoms with E-state index in [2.05, 4.69) is 10.0 Å². The van der Waals surface area contributed by atoms with E-state index in [9.17, 15) is 13.2 Å². The Kier molecular flexibility index (Phi) is 5.44. The van der Waals surface area contributed by atoms with E-state index in [1.54, 1.807) is 12.1 Å². The number of carbonyl (C=O) groups is 1. The molecule has 2 rings (SSSR count). The maximum absolute atomic E-state index is 12.5. The van der Waals surface area contributed by atoms with Crippen molar-refractivity contribution in [2.75, 3.05) is 6.54 Å². The summed E-state index contributed by atoms with van der Waals surface area (Å²) in [5.41, 5.74) is 5.66. The number of benzene rings is 1. The molecule has 1 aromatic carbocycles. The van der Waals surface area contributed by atoms with Crippen molar-refractivity contribution >= 4 is 15.9 Å². The van der Waals surface area contributed by atoms with Gasteiger partial charge in [-0.1, -0.05) is 19.9 Å². The van der Waals surface area contributed by atoms with Crippen LogP contribution in [0.25, 0.3) is 0 Å². The number of hydrogen-bond acceptors (Lipinski definition) is 4. The summed E-state index contributed by atoms with van der Waals surface area (Å²) in [6.07, 6.45) is 3.16. The fraction of sp³-hybridized carbons (Fsp3) is 0.562. The van der Waals surface area contributed by atoms with Gasteiger partial charge in [0.15, 0.2) is 0 Å². The van der Waals surface area contributed by atoms with Crippen LogP contribution in [0.4, 0.5) is 0 Å². The van der Waals surface area contributed by atoms with E-state index in [1.165, 1.54) is 12.1 Å². The van der Waals surface area contributed by atoms with Crippen molar-refractivity contribution in [1.29, 1.82) is 0 Å². The molecule has 0 aromatic heterocycles. The summed E-state index contributed by atoms with van der Waals surface area (Å²) in [5, 5.41) is 2.95. The molecule has 4 N–H and O–H groups in total. The fourth-order valence-electron chi connectivity index (χ4n) is 2.37. The molecule has 0 unspecified atom stereocenters. The van der Waals surface area contributed by atoms with Gasteiger partial charge >= 0.3 is 0 Å². The van der Waals surface area contributed by atoms with Crippen LogP contribution in [0, 0.1) is 0 Å². The van der Waals surface area contributed by atoms with Crippen LogP contribution in [0.15, 0.2) is 29.2 Å². The van der Waals surface area contributed by atoms with Crippen LogP contribution in [0.5, 0.6) is 0 Å². The molecule has 1 fully saturated rings. The highest BCUT2D eigenvalue weighted by Crippen LogP contribution is 2.22. The van der Waals surface area contributed by atoms with Gasteiger partial charge in [0.25, 0.3) is 5.91 Å². The van der Waals surface area contributed by atoms with E-state index in [0.717, 1.165) is 12.8 Å². The maximum atomic E-state index is 12.5. The third-order valence-corrected chi connectivity index (χ3v) is 5.95. The Balaban J connectivity index is 2.20. The molecule has 1 aliphatic rings. The Bertz CT molecular complexity index is 657. The third-order valence-electron chi connectivity index (χ3n) is 4.43. The molecular weight excluding hydrogens is 314 g/mol. The Morgan fingerprint density at radius 1 is 1.30 bits per heavy atom. The molecule has 0 saturated heterocycles. The van der Waals surface area contributed by atoms with Gasteiger partial charge in [-0.3, -0.25) is 4.79 Å². The number of hydrogen-bond donors (Lipinski definition) is 3. The van der Waals surface area contributed by atoms with E-state index in [4.69, 9.17) is 5.73 Å². The van der Waals surface area contributed by atoms with Gasteiger partial charge in [0.2, 0.25) is 10.0 Å². The topological polar surface area (TPSA) is 101 Å². The molecule has 0 heterocycles. The van der Waals surface area contributed by atoms with Gasteiger partial charge < -0.3 is 11.1 Å². The second kappa shape index (κ2) is 6.98. The molecule has 0 spiro atoms. The highest BCUT2D eigenvalue weighted by molar-refractivity contribution is 7.89. The molecule has 1 amide bonds. The molecule has 7 heteroatoms. The summed E-state index contributed by atoms with van der Waals surface area (Å²) < 4.78 is 27.1. The normalized spacial score (nSPS) is 15.4. The second-order valence-electron chi connectivity index (χ2n) is 6.07. The zero-order valence-electron chi connectivity index (χ0n) is 13.6. The van der Waals surface area contributed by atoms with E-state index in [0.29, 0.717) is 24.9 Å². The van der Waals surface area contributed by atoms with Gasteiger partial charge in [-0.15, -0.1) is 0 Å². The molecule has 6 nitrogen and oxygen atoms in total. The average molecular weight is 339 g/mol. The minimum atomic E-state index is -3.57. The first kappa shape index (κ1) is 17.9. The van der Waals surface area contributed by atoms with Crippen molar-refractivity contribution in [1.82, 2.24) is 10.0 Å². The van der Waals surface area contributed by atoms with Crippen LogP contribution in [0.2, 0.25) is 0 Å². The Morgan fingerprint density at radius 2 is 1.96 bits per heavy atom. The Morgan fingerprint density at radius 3 is 2.48 bits per heavy atom. The number of carbonyl (C=O) groups excluding carboxylic acids is 1. The Labute approximate surface area is 137 Å². The first-order chi connectivity index (χ1) is 10.9. The lowest BCUT2D eigenvalue weighted by molar-refractivity contribution is 0.0895. The van der Waals surface area contributed by atoms with Gasteiger partial charge in [0.1, 0.15) is 0 Å². The molecular formula is C16H25N3O3S. The first-order valence-corrected chi connectivity index (χ1v) is 9.49. The van der Waals surface area contributed by atoms with Crippen molar-refractivity contribution in [2.24, 2.45) is 5.73 Å². The highest BCUT2D eigenvalue weighted by atomic mass is 32.2. The summed E-state index contributed by atoms with van der Waals surface area (Å²) in [5.74, 6) is -0.303. The van der Waals surface area contributed by atoms with Gasteiger partial charge in [-0.25, -0.2) is 13.1 Å². The monoisotopic (exact) mass is 339 g/mol. The molecule has 0 bridgehead atoms. The Hall–Kier alpha value is -1.44. The van der Waals surface area contributed by atoms with Crippen LogP contribution in [-0.2, 0) is 10.0 Å². The zero-order valence-corrected chi connectivity index (χ0v) is 14.4. The van der Waals surface area contributed by atoms with Crippen LogP contribution in [-0.4, -0.2) is 32.5 Å². The van der Waals surface area contributed by atoms with Gasteiger partial charge in [-0.05, 0) is 43.9 Å². The van der Waals surface area contributed by atoms with Crippen molar-refractivity contribution in [2.45, 2.75) is 56.0 Å². The summed E-state index contributed by atoms with van der Waals surface area (Å²) in [7, 11) is -3.57. The standard InChI is InChI=1S/C16H25N3O3S/c1-3-16(4-2,11-17)18-15(20)12-6-5-7-14(10-12)23(21,22)19-13-8-9-13/h5-7,10,13,19H,3-4,8-9,11,17H2,1-2H3,(H,18,20). The van der Waals surface area contributed by atoms with Crippen molar-refractivity contribution in [3.63, 3.8) is 0 Å². The maximum Gasteiger partial charge on any atom is 0.251 e. The number of nitrogens with one attached hydrogen (secondary N) is 2. The predicted molar refractivity (Wildman–Crippen MR) is 89.6 cm³/mol. The molecule has 0 aliphatic heterocycles. The van der Waals surface area contributed by atoms with Crippen LogP contribution < -0.4 is 15.8 Å². The summed E-state index contributed by atoms with van der Waals surface area (Å²) in [4.78, 5) is 12.6. The minimum absolute atomic E-state index is 0.0301. The van der Waals surface area contributed by atoms with E-state index in [1.807, 2.05) is 13.8 Å². The minimum Gasteiger partial charge on any atom is -0.345 e. The highest BCUT2D eigenvalue weighted by Gasteiger charge is 2.29. The van der Waals surface area contributed by atoms with Crippen molar-refractivity contribution in [3.8, 4) is 0 Å². The number of sulfonamides is 1. The van der Waals surface area contributed by atoms with Crippen LogP contribution >= 0.6 is 0 Å². The van der Waals surface area contributed by atoms with Gasteiger partial charge in [0.05, 0.1) is 10.4 Å². The van der Waals surface area contributed by atoms with Crippen LogP contribution in [0.3, 0.4) is 0 Å². The number of rotatable bonds is 8. The molecule has 23 heavy (non-hydrogen) atoms. The lowest BCUT2D eigenvalue weighted by Crippen LogP contribution is -2.52. The zero-order chi connectivity index (χ0) is 17.1. The molecule has 1 aromatic rings. The predicted octanol–water partition coefficient (Wildman–Crippen LogP) is 1.37. The van der Waals surface area contributed by atoms with E-state index in [-0.39, 0.29) is 16.8 Å². The quantitative estimate of drug-likeness (QED) is 0.666. The summed E-state index contributed by atoms with van der Waals surface area (Å²) in [6.45, 7) is 4.28. The SMILES string of the molecule is CCC(CC)(CN)NC(=O)c1cccc(S(=O)(=O)NC2CC2)c1. The average Bonchev–Trinajstić information content (AvgIpc) is 3.36. The number of amides is 1. The number of nitrogens with two attached hydrogens (primary N) is 1. The second-order valence-corrected chi connectivity index (χ2v) is 7.78. The molecule has 0 atom stereocenters. The van der Waals surface area contributed by atoms with Gasteiger partial charge in [-0.2, -0.15) is 0 Å². The van der Waals surface area contributed by atoms with E-state index < -0.39 is 15.6 Å². The lowest BCUT2D eigenvalue weighted by Gasteiger charge is -2.31. The summed E-state index contributed by atoms with van der Waals surface area (Å²) >= 11 is 0.